The van der Waals surface area contributed by atoms with Gasteiger partial charge in [0.25, 0.3) is 0 Å². The van der Waals surface area contributed by atoms with Crippen molar-refractivity contribution in [3.05, 3.63) is 28.8 Å². The van der Waals surface area contributed by atoms with Gasteiger partial charge in [0, 0.05) is 23.5 Å². The van der Waals surface area contributed by atoms with Crippen LogP contribution in [0.2, 0.25) is 5.02 Å². The van der Waals surface area contributed by atoms with Crippen molar-refractivity contribution in [1.82, 2.24) is 4.31 Å². The van der Waals surface area contributed by atoms with Crippen molar-refractivity contribution >= 4 is 33.2 Å². The van der Waals surface area contributed by atoms with Crippen LogP contribution in [0.1, 0.15) is 32.3 Å². The molecule has 6 heteroatoms. The minimum atomic E-state index is -3.47. The summed E-state index contributed by atoms with van der Waals surface area (Å²) in [6, 6.07) is 4.76. The monoisotopic (exact) mass is 335 g/mol. The highest BCUT2D eigenvalue weighted by Crippen LogP contribution is 2.30. The van der Waals surface area contributed by atoms with Crippen molar-refractivity contribution < 1.29 is 8.42 Å². The van der Waals surface area contributed by atoms with Gasteiger partial charge in [0.05, 0.1) is 4.90 Å². The Balaban J connectivity index is 2.35. The van der Waals surface area contributed by atoms with Gasteiger partial charge in [0.1, 0.15) is 0 Å². The summed E-state index contributed by atoms with van der Waals surface area (Å²) in [4.78, 5) is 0.277. The topological polar surface area (TPSA) is 37.4 Å². The zero-order valence-corrected chi connectivity index (χ0v) is 14.0. The summed E-state index contributed by atoms with van der Waals surface area (Å²) in [5.41, 5.74) is 0.646. The Hall–Kier alpha value is -0.290. The van der Waals surface area contributed by atoms with Gasteiger partial charge < -0.3 is 0 Å². The molecule has 0 N–H and O–H groups in total. The number of nitrogens with zero attached hydrogens (tertiary/aromatic N) is 1. The molecular formula is C14H19Cl2NO2S. The van der Waals surface area contributed by atoms with E-state index in [-0.39, 0.29) is 16.8 Å². The molecule has 1 saturated heterocycles. The van der Waals surface area contributed by atoms with E-state index in [0.717, 1.165) is 12.8 Å². The maximum atomic E-state index is 12.7. The predicted octanol–water partition coefficient (Wildman–Crippen LogP) is 3.89. The van der Waals surface area contributed by atoms with E-state index >= 15 is 0 Å². The van der Waals surface area contributed by atoms with Crippen molar-refractivity contribution in [1.29, 1.82) is 0 Å². The summed E-state index contributed by atoms with van der Waals surface area (Å²) in [6.45, 7) is 4.70. The average molecular weight is 336 g/mol. The maximum absolute atomic E-state index is 12.7. The van der Waals surface area contributed by atoms with E-state index < -0.39 is 10.0 Å². The molecule has 0 aromatic heterocycles. The molecule has 2 rings (SSSR count). The molecule has 112 valence electrons. The normalized spacial score (nSPS) is 24.8. The van der Waals surface area contributed by atoms with Gasteiger partial charge in [-0.3, -0.25) is 0 Å². The second kappa shape index (κ2) is 6.22. The van der Waals surface area contributed by atoms with Crippen molar-refractivity contribution in [2.24, 2.45) is 5.92 Å². The lowest BCUT2D eigenvalue weighted by molar-refractivity contribution is 0.220. The summed E-state index contributed by atoms with van der Waals surface area (Å²) in [6.07, 6.45) is 1.80. The molecule has 0 aliphatic carbocycles. The van der Waals surface area contributed by atoms with E-state index in [1.54, 1.807) is 22.5 Å². The van der Waals surface area contributed by atoms with E-state index in [4.69, 9.17) is 23.2 Å². The number of piperidine rings is 1. The van der Waals surface area contributed by atoms with Gasteiger partial charge in [-0.1, -0.05) is 18.5 Å². The van der Waals surface area contributed by atoms with E-state index in [9.17, 15) is 8.42 Å². The third-order valence-electron chi connectivity index (χ3n) is 3.85. The molecule has 1 aliphatic heterocycles. The largest absolute Gasteiger partial charge is 0.243 e. The third kappa shape index (κ3) is 3.14. The first-order valence-electron chi connectivity index (χ1n) is 6.72. The molecule has 0 saturated carbocycles. The smallest absolute Gasteiger partial charge is 0.207 e. The molecule has 3 nitrogen and oxygen atoms in total. The van der Waals surface area contributed by atoms with Crippen LogP contribution < -0.4 is 0 Å². The molecule has 0 spiro atoms. The standard InChI is InChI=1S/C14H19Cl2NO2S/c1-10-5-6-17(11(2)7-10)20(18,19)13-3-4-14(16)12(8-13)9-15/h3-4,8,10-11H,5-7,9H2,1-2H3. The molecular weight excluding hydrogens is 317 g/mol. The van der Waals surface area contributed by atoms with Crippen LogP contribution in [0.25, 0.3) is 0 Å². The fourth-order valence-corrected chi connectivity index (χ4v) is 4.87. The highest BCUT2D eigenvalue weighted by molar-refractivity contribution is 7.89. The lowest BCUT2D eigenvalue weighted by atomic mass is 9.95. The number of alkyl halides is 1. The van der Waals surface area contributed by atoms with Gasteiger partial charge in [0.2, 0.25) is 10.0 Å². The van der Waals surface area contributed by atoms with E-state index in [0.29, 0.717) is 23.0 Å². The first-order chi connectivity index (χ1) is 9.36. The fourth-order valence-electron chi connectivity index (χ4n) is 2.69. The minimum absolute atomic E-state index is 0.0267. The van der Waals surface area contributed by atoms with E-state index in [1.807, 2.05) is 6.92 Å². The van der Waals surface area contributed by atoms with Crippen LogP contribution in [0.4, 0.5) is 0 Å². The molecule has 1 fully saturated rings. The fraction of sp³-hybridized carbons (Fsp3) is 0.571. The number of hydrogen-bond acceptors (Lipinski definition) is 2. The SMILES string of the molecule is CC1CCN(S(=O)(=O)c2ccc(Cl)c(CCl)c2)C(C)C1. The average Bonchev–Trinajstić information content (AvgIpc) is 2.38. The first-order valence-corrected chi connectivity index (χ1v) is 9.07. The zero-order valence-electron chi connectivity index (χ0n) is 11.6. The summed E-state index contributed by atoms with van der Waals surface area (Å²) in [5.74, 6) is 0.773. The Morgan fingerprint density at radius 3 is 2.65 bits per heavy atom. The maximum Gasteiger partial charge on any atom is 0.243 e. The summed E-state index contributed by atoms with van der Waals surface area (Å²) in [7, 11) is -3.47. The van der Waals surface area contributed by atoms with Crippen LogP contribution in [-0.4, -0.2) is 25.3 Å². The van der Waals surface area contributed by atoms with Crippen molar-refractivity contribution in [2.75, 3.05) is 6.54 Å². The highest BCUT2D eigenvalue weighted by Gasteiger charge is 2.33. The summed E-state index contributed by atoms with van der Waals surface area (Å²) in [5, 5.41) is 0.499. The summed E-state index contributed by atoms with van der Waals surface area (Å²) >= 11 is 11.8. The Morgan fingerprint density at radius 1 is 1.35 bits per heavy atom. The second-order valence-electron chi connectivity index (χ2n) is 5.48. The van der Waals surface area contributed by atoms with Crippen LogP contribution in [-0.2, 0) is 15.9 Å². The lowest BCUT2D eigenvalue weighted by Crippen LogP contribution is -2.44. The predicted molar refractivity (Wildman–Crippen MR) is 82.8 cm³/mol. The van der Waals surface area contributed by atoms with Gasteiger partial charge in [-0.15, -0.1) is 11.6 Å². The second-order valence-corrected chi connectivity index (χ2v) is 8.05. The Labute approximate surface area is 130 Å². The molecule has 0 amide bonds. The van der Waals surface area contributed by atoms with Crippen LogP contribution in [0.5, 0.6) is 0 Å². The zero-order chi connectivity index (χ0) is 14.9. The van der Waals surface area contributed by atoms with Crippen molar-refractivity contribution in [3.8, 4) is 0 Å². The van der Waals surface area contributed by atoms with Gasteiger partial charge in [0.15, 0.2) is 0 Å². The third-order valence-corrected chi connectivity index (χ3v) is 6.51. The van der Waals surface area contributed by atoms with E-state index in [1.165, 1.54) is 0 Å². The van der Waals surface area contributed by atoms with E-state index in [2.05, 4.69) is 6.92 Å². The van der Waals surface area contributed by atoms with Gasteiger partial charge >= 0.3 is 0 Å². The van der Waals surface area contributed by atoms with Crippen LogP contribution in [0, 0.1) is 5.92 Å². The van der Waals surface area contributed by atoms with Crippen LogP contribution >= 0.6 is 23.2 Å². The Morgan fingerprint density at radius 2 is 2.05 bits per heavy atom. The number of halogens is 2. The van der Waals surface area contributed by atoms with Crippen LogP contribution in [0.3, 0.4) is 0 Å². The molecule has 1 aromatic carbocycles. The molecule has 1 heterocycles. The number of benzene rings is 1. The molecule has 1 aromatic rings. The number of hydrogen-bond donors (Lipinski definition) is 0. The molecule has 0 radical (unpaired) electrons. The Bertz CT molecular complexity index is 589. The van der Waals surface area contributed by atoms with Gasteiger partial charge in [-0.25, -0.2) is 8.42 Å². The quantitative estimate of drug-likeness (QED) is 0.786. The highest BCUT2D eigenvalue weighted by atomic mass is 35.5. The first kappa shape index (κ1) is 16.1. The molecule has 20 heavy (non-hydrogen) atoms. The van der Waals surface area contributed by atoms with Crippen molar-refractivity contribution in [3.63, 3.8) is 0 Å². The Kier molecular flexibility index (Phi) is 5.00. The number of sulfonamides is 1. The molecule has 2 atom stereocenters. The van der Waals surface area contributed by atoms with Gasteiger partial charge in [-0.05, 0) is 49.4 Å². The lowest BCUT2D eigenvalue weighted by Gasteiger charge is -2.35. The van der Waals surface area contributed by atoms with Crippen LogP contribution in [0.15, 0.2) is 23.1 Å². The summed E-state index contributed by atoms with van der Waals surface area (Å²) < 4.78 is 27.0. The molecule has 0 bridgehead atoms. The minimum Gasteiger partial charge on any atom is -0.207 e. The van der Waals surface area contributed by atoms with Crippen molar-refractivity contribution in [2.45, 2.75) is 43.5 Å². The number of rotatable bonds is 3. The molecule has 2 unspecified atom stereocenters. The molecule has 1 aliphatic rings. The van der Waals surface area contributed by atoms with Gasteiger partial charge in [-0.2, -0.15) is 4.31 Å².